The maximum atomic E-state index is 13.5. The van der Waals surface area contributed by atoms with Gasteiger partial charge in [0.2, 0.25) is 5.69 Å². The van der Waals surface area contributed by atoms with Crippen LogP contribution >= 0.6 is 11.6 Å². The topological polar surface area (TPSA) is 69.9 Å². The zero-order chi connectivity index (χ0) is 25.1. The van der Waals surface area contributed by atoms with Crippen molar-refractivity contribution in [3.05, 3.63) is 76.4 Å². The molecular weight excluding hydrogens is 474 g/mol. The predicted octanol–water partition coefficient (Wildman–Crippen LogP) is 5.78. The van der Waals surface area contributed by atoms with E-state index in [1.807, 2.05) is 34.1 Å². The van der Waals surface area contributed by atoms with Crippen LogP contribution in [0.5, 0.6) is 0 Å². The third-order valence-electron chi connectivity index (χ3n) is 7.03. The smallest absolute Gasteiger partial charge is 0.256 e. The predicted molar refractivity (Wildman–Crippen MR) is 142 cm³/mol. The number of hydrogen-bond donors (Lipinski definition) is 1. The molecule has 0 radical (unpaired) electrons. The van der Waals surface area contributed by atoms with Crippen LogP contribution in [-0.2, 0) is 0 Å². The molecule has 184 valence electrons. The van der Waals surface area contributed by atoms with E-state index in [1.165, 1.54) is 0 Å². The van der Waals surface area contributed by atoms with E-state index < -0.39 is 0 Å². The Kier molecular flexibility index (Phi) is 7.06. The number of carbonyl (C=O) groups excluding carboxylic acids is 2. The molecule has 1 N–H and O–H groups in total. The van der Waals surface area contributed by atoms with E-state index in [0.717, 1.165) is 42.9 Å². The van der Waals surface area contributed by atoms with Gasteiger partial charge in [0.15, 0.2) is 0 Å². The molecule has 7 nitrogen and oxygen atoms in total. The molecule has 0 aliphatic carbocycles. The van der Waals surface area contributed by atoms with E-state index in [-0.39, 0.29) is 17.9 Å². The molecule has 1 atom stereocenters. The molecule has 2 aliphatic rings. The molecular formula is C28H28ClN5O2. The van der Waals surface area contributed by atoms with E-state index in [2.05, 4.69) is 15.1 Å². The molecule has 2 fully saturated rings. The summed E-state index contributed by atoms with van der Waals surface area (Å²) in [5, 5.41) is 5.65. The lowest BCUT2D eigenvalue weighted by molar-refractivity contribution is 0.0708. The highest BCUT2D eigenvalue weighted by atomic mass is 35.5. The van der Waals surface area contributed by atoms with Gasteiger partial charge in [-0.25, -0.2) is 4.85 Å². The van der Waals surface area contributed by atoms with Gasteiger partial charge in [0.1, 0.15) is 0 Å². The third kappa shape index (κ3) is 4.87. The lowest BCUT2D eigenvalue weighted by atomic mass is 10.0. The summed E-state index contributed by atoms with van der Waals surface area (Å²) in [6.45, 7) is 10.3. The second-order valence-corrected chi connectivity index (χ2v) is 9.89. The molecule has 0 saturated carbocycles. The van der Waals surface area contributed by atoms with Crippen molar-refractivity contribution in [2.75, 3.05) is 31.5 Å². The number of pyridine rings is 1. The van der Waals surface area contributed by atoms with Gasteiger partial charge in [-0.3, -0.25) is 14.6 Å². The molecule has 5 rings (SSSR count). The number of piperidine rings is 2. The Hall–Kier alpha value is -3.63. The molecule has 8 heteroatoms. The number of likely N-dealkylation sites (tertiary alicyclic amines) is 2. The van der Waals surface area contributed by atoms with Crippen molar-refractivity contribution in [1.29, 1.82) is 0 Å². The summed E-state index contributed by atoms with van der Waals surface area (Å²) < 4.78 is 0. The van der Waals surface area contributed by atoms with Crippen molar-refractivity contribution < 1.29 is 9.59 Å². The number of nitrogens with one attached hydrogen (secondary N) is 1. The molecule has 3 aromatic rings. The highest BCUT2D eigenvalue weighted by molar-refractivity contribution is 6.31. The Labute approximate surface area is 215 Å². The van der Waals surface area contributed by atoms with Crippen LogP contribution in [0.25, 0.3) is 15.6 Å². The largest absolute Gasteiger partial charge is 0.388 e. The number of rotatable bonds is 4. The fourth-order valence-corrected chi connectivity index (χ4v) is 5.42. The number of aromatic nitrogens is 1. The monoisotopic (exact) mass is 501 g/mol. The van der Waals surface area contributed by atoms with Gasteiger partial charge in [-0.15, -0.1) is 0 Å². The summed E-state index contributed by atoms with van der Waals surface area (Å²) in [5.41, 5.74) is 1.85. The molecule has 2 aliphatic heterocycles. The summed E-state index contributed by atoms with van der Waals surface area (Å²) in [6.07, 6.45) is 8.12. The first kappa shape index (κ1) is 24.1. The molecule has 0 unspecified atom stereocenters. The van der Waals surface area contributed by atoms with Crippen LogP contribution in [0.4, 0.5) is 11.4 Å². The molecule has 2 aromatic carbocycles. The van der Waals surface area contributed by atoms with Crippen molar-refractivity contribution >= 4 is 45.6 Å². The number of benzene rings is 2. The van der Waals surface area contributed by atoms with Crippen LogP contribution in [0.1, 0.15) is 52.8 Å². The number of anilines is 1. The first-order valence-corrected chi connectivity index (χ1v) is 12.8. The van der Waals surface area contributed by atoms with E-state index in [1.54, 1.807) is 24.5 Å². The molecule has 2 amide bonds. The third-order valence-corrected chi connectivity index (χ3v) is 7.25. The average molecular weight is 502 g/mol. The number of fused-ring (bicyclic) bond motifs is 1. The summed E-state index contributed by atoms with van der Waals surface area (Å²) >= 11 is 6.31. The normalized spacial score (nSPS) is 18.1. The van der Waals surface area contributed by atoms with Crippen LogP contribution in [-0.4, -0.2) is 58.8 Å². The van der Waals surface area contributed by atoms with Crippen LogP contribution in [0.3, 0.4) is 0 Å². The first-order valence-electron chi connectivity index (χ1n) is 12.4. The fraction of sp³-hybridized carbons (Fsp3) is 0.357. The minimum atomic E-state index is -0.102. The number of hydrogen-bond acceptors (Lipinski definition) is 4. The minimum Gasteiger partial charge on any atom is -0.388 e. The van der Waals surface area contributed by atoms with Gasteiger partial charge in [-0.2, -0.15) is 0 Å². The van der Waals surface area contributed by atoms with Gasteiger partial charge in [-0.1, -0.05) is 35.9 Å². The Morgan fingerprint density at radius 3 is 2.53 bits per heavy atom. The Balaban J connectivity index is 1.40. The second-order valence-electron chi connectivity index (χ2n) is 9.45. The minimum absolute atomic E-state index is 0.0584. The van der Waals surface area contributed by atoms with Crippen molar-refractivity contribution in [1.82, 2.24) is 14.8 Å². The van der Waals surface area contributed by atoms with Crippen LogP contribution in [0.15, 0.2) is 48.8 Å². The average Bonchev–Trinajstić information content (AvgIpc) is 2.93. The van der Waals surface area contributed by atoms with E-state index in [9.17, 15) is 9.59 Å². The number of carbonyl (C=O) groups is 2. The van der Waals surface area contributed by atoms with Gasteiger partial charge in [0.05, 0.1) is 23.4 Å². The quantitative estimate of drug-likeness (QED) is 0.460. The Morgan fingerprint density at radius 1 is 0.972 bits per heavy atom. The first-order chi connectivity index (χ1) is 17.5. The summed E-state index contributed by atoms with van der Waals surface area (Å²) in [7, 11) is 0. The SMILES string of the molecule is [C-]#[N+]c1cc(Cl)cc(C(=O)N2CCCCC2)c1N[C@@H]1CCCN(C(=O)c2cncc3ccccc23)C1. The molecule has 1 aromatic heterocycles. The van der Waals surface area contributed by atoms with Gasteiger partial charge in [-0.05, 0) is 49.6 Å². The van der Waals surface area contributed by atoms with Crippen molar-refractivity contribution in [2.45, 2.75) is 38.1 Å². The number of nitrogens with zero attached hydrogens (tertiary/aromatic N) is 4. The molecule has 2 saturated heterocycles. The zero-order valence-corrected chi connectivity index (χ0v) is 20.8. The fourth-order valence-electron chi connectivity index (χ4n) is 5.21. The Morgan fingerprint density at radius 2 is 1.72 bits per heavy atom. The van der Waals surface area contributed by atoms with Gasteiger partial charge in [0, 0.05) is 55.0 Å². The number of halogens is 1. The maximum Gasteiger partial charge on any atom is 0.256 e. The standard InChI is InChI=1S/C28H28ClN5O2/c1-30-25-15-20(29)14-23(27(35)33-11-5-2-6-12-33)26(25)32-21-9-7-13-34(18-21)28(36)24-17-31-16-19-8-3-4-10-22(19)24/h3-4,8,10,14-17,21,32H,2,5-7,9,11-13,18H2/t21-/m1/s1. The highest BCUT2D eigenvalue weighted by Gasteiger charge is 2.29. The lowest BCUT2D eigenvalue weighted by Gasteiger charge is -2.35. The van der Waals surface area contributed by atoms with Crippen molar-refractivity contribution in [2.24, 2.45) is 0 Å². The van der Waals surface area contributed by atoms with Crippen LogP contribution in [0.2, 0.25) is 5.02 Å². The maximum absolute atomic E-state index is 13.5. The lowest BCUT2D eigenvalue weighted by Crippen LogP contribution is -2.45. The van der Waals surface area contributed by atoms with Gasteiger partial charge < -0.3 is 15.1 Å². The molecule has 36 heavy (non-hydrogen) atoms. The highest BCUT2D eigenvalue weighted by Crippen LogP contribution is 2.35. The van der Waals surface area contributed by atoms with Crippen molar-refractivity contribution in [3.63, 3.8) is 0 Å². The Bertz CT molecular complexity index is 1340. The summed E-state index contributed by atoms with van der Waals surface area (Å²) in [4.78, 5) is 38.5. The molecule has 3 heterocycles. The van der Waals surface area contributed by atoms with E-state index in [4.69, 9.17) is 18.2 Å². The van der Waals surface area contributed by atoms with Gasteiger partial charge >= 0.3 is 0 Å². The number of amides is 2. The van der Waals surface area contributed by atoms with Crippen LogP contribution < -0.4 is 5.32 Å². The summed E-state index contributed by atoms with van der Waals surface area (Å²) in [5.74, 6) is -0.160. The van der Waals surface area contributed by atoms with Gasteiger partial charge in [0.25, 0.3) is 11.8 Å². The zero-order valence-electron chi connectivity index (χ0n) is 20.0. The van der Waals surface area contributed by atoms with Crippen LogP contribution in [0, 0.1) is 6.57 Å². The van der Waals surface area contributed by atoms with E-state index >= 15 is 0 Å². The van der Waals surface area contributed by atoms with E-state index in [0.29, 0.717) is 53.7 Å². The molecule has 0 bridgehead atoms. The molecule has 0 spiro atoms. The summed E-state index contributed by atoms with van der Waals surface area (Å²) in [6, 6.07) is 10.9. The van der Waals surface area contributed by atoms with Crippen molar-refractivity contribution in [3.8, 4) is 0 Å². The second kappa shape index (κ2) is 10.5.